The molecule has 0 aliphatic heterocycles. The fourth-order valence-corrected chi connectivity index (χ4v) is 0.612. The van der Waals surface area contributed by atoms with E-state index in [1.807, 2.05) is 6.92 Å². The lowest BCUT2D eigenvalue weighted by Gasteiger charge is -2.04. The summed E-state index contributed by atoms with van der Waals surface area (Å²) >= 11 is 4.05. The Bertz CT molecular complexity index is 95.1. The first-order chi connectivity index (χ1) is 4.20. The van der Waals surface area contributed by atoms with Gasteiger partial charge in [0.15, 0.2) is 0 Å². The summed E-state index contributed by atoms with van der Waals surface area (Å²) in [5.74, 6) is 1.25. The molecule has 0 aromatic rings. The number of carbonyl (C=O) groups is 1. The molecule has 3 heteroatoms. The smallest absolute Gasteiger partial charge is 0.220 e. The van der Waals surface area contributed by atoms with Crippen molar-refractivity contribution in [3.05, 3.63) is 0 Å². The predicted molar refractivity (Wildman–Crippen MR) is 41.7 cm³/mol. The van der Waals surface area contributed by atoms with Crippen LogP contribution in [-0.4, -0.2) is 18.7 Å². The second-order valence-corrected chi connectivity index (χ2v) is 2.53. The van der Waals surface area contributed by atoms with Crippen LogP contribution in [0.4, 0.5) is 0 Å². The summed E-state index contributed by atoms with van der Waals surface area (Å²) in [6, 6.07) is 0. The molecule has 1 unspecified atom stereocenters. The maximum absolute atomic E-state index is 10.6. The number of hydrogen-bond acceptors (Lipinski definition) is 2. The van der Waals surface area contributed by atoms with E-state index in [4.69, 9.17) is 0 Å². The van der Waals surface area contributed by atoms with Crippen LogP contribution in [0.5, 0.6) is 0 Å². The number of nitrogens with one attached hydrogen (secondary N) is 1. The highest BCUT2D eigenvalue weighted by molar-refractivity contribution is 7.80. The fraction of sp³-hybridized carbons (Fsp3) is 0.833. The molecule has 0 radical (unpaired) electrons. The van der Waals surface area contributed by atoms with Crippen molar-refractivity contribution in [2.75, 3.05) is 12.8 Å². The first kappa shape index (κ1) is 8.82. The normalized spacial score (nSPS) is 12.8. The van der Waals surface area contributed by atoms with Crippen molar-refractivity contribution in [1.29, 1.82) is 0 Å². The third-order valence-electron chi connectivity index (χ3n) is 1.12. The zero-order chi connectivity index (χ0) is 7.28. The van der Waals surface area contributed by atoms with Crippen molar-refractivity contribution in [2.24, 2.45) is 5.92 Å². The first-order valence-corrected chi connectivity index (χ1v) is 3.65. The van der Waals surface area contributed by atoms with Gasteiger partial charge in [-0.15, -0.1) is 0 Å². The minimum Gasteiger partial charge on any atom is -0.359 e. The molecule has 0 aromatic heterocycles. The van der Waals surface area contributed by atoms with Gasteiger partial charge >= 0.3 is 0 Å². The van der Waals surface area contributed by atoms with Crippen LogP contribution in [-0.2, 0) is 4.79 Å². The molecule has 54 valence electrons. The minimum atomic E-state index is 0.0940. The van der Waals surface area contributed by atoms with E-state index in [9.17, 15) is 4.79 Å². The van der Waals surface area contributed by atoms with E-state index in [1.165, 1.54) is 0 Å². The van der Waals surface area contributed by atoms with Gasteiger partial charge in [-0.2, -0.15) is 12.6 Å². The summed E-state index contributed by atoms with van der Waals surface area (Å²) in [6.07, 6.45) is 0.583. The molecule has 0 aromatic carbocycles. The molecule has 0 saturated heterocycles. The molecule has 9 heavy (non-hydrogen) atoms. The lowest BCUT2D eigenvalue weighted by molar-refractivity contribution is -0.121. The number of thiol groups is 1. The summed E-state index contributed by atoms with van der Waals surface area (Å²) in [6.45, 7) is 2.00. The lowest BCUT2D eigenvalue weighted by Crippen LogP contribution is -2.20. The molecule has 0 aliphatic rings. The van der Waals surface area contributed by atoms with Gasteiger partial charge in [-0.05, 0) is 11.7 Å². The Labute approximate surface area is 61.4 Å². The molecular weight excluding hydrogens is 134 g/mol. The minimum absolute atomic E-state index is 0.0940. The van der Waals surface area contributed by atoms with Crippen molar-refractivity contribution < 1.29 is 4.79 Å². The number of rotatable bonds is 3. The molecule has 1 amide bonds. The monoisotopic (exact) mass is 147 g/mol. The molecule has 0 aliphatic carbocycles. The topological polar surface area (TPSA) is 29.1 Å². The quantitative estimate of drug-likeness (QED) is 0.565. The summed E-state index contributed by atoms with van der Waals surface area (Å²) in [7, 11) is 1.65. The molecule has 0 bridgehead atoms. The van der Waals surface area contributed by atoms with Crippen LogP contribution in [0.15, 0.2) is 0 Å². The van der Waals surface area contributed by atoms with Crippen molar-refractivity contribution in [3.63, 3.8) is 0 Å². The van der Waals surface area contributed by atoms with Crippen molar-refractivity contribution in [3.8, 4) is 0 Å². The Morgan fingerprint density at radius 3 is 2.67 bits per heavy atom. The van der Waals surface area contributed by atoms with Crippen LogP contribution in [0.25, 0.3) is 0 Å². The molecule has 0 fully saturated rings. The Hall–Kier alpha value is -0.180. The third-order valence-corrected chi connectivity index (χ3v) is 1.75. The molecular formula is C6H13NOS. The van der Waals surface area contributed by atoms with Gasteiger partial charge in [-0.3, -0.25) is 4.79 Å². The molecule has 0 saturated carbocycles. The maximum atomic E-state index is 10.6. The Morgan fingerprint density at radius 2 is 2.33 bits per heavy atom. The second kappa shape index (κ2) is 4.68. The van der Waals surface area contributed by atoms with Crippen LogP contribution >= 0.6 is 12.6 Å². The summed E-state index contributed by atoms with van der Waals surface area (Å²) < 4.78 is 0. The average molecular weight is 147 g/mol. The van der Waals surface area contributed by atoms with E-state index in [0.29, 0.717) is 12.3 Å². The highest BCUT2D eigenvalue weighted by Crippen LogP contribution is 2.02. The van der Waals surface area contributed by atoms with E-state index in [1.54, 1.807) is 7.05 Å². The lowest BCUT2D eigenvalue weighted by atomic mass is 10.1. The van der Waals surface area contributed by atoms with Gasteiger partial charge in [0.25, 0.3) is 0 Å². The van der Waals surface area contributed by atoms with E-state index in [0.717, 1.165) is 5.75 Å². The molecule has 1 atom stereocenters. The highest BCUT2D eigenvalue weighted by atomic mass is 32.1. The predicted octanol–water partition coefficient (Wildman–Crippen LogP) is 0.688. The molecule has 1 N–H and O–H groups in total. The van der Waals surface area contributed by atoms with Crippen LogP contribution in [0.3, 0.4) is 0 Å². The maximum Gasteiger partial charge on any atom is 0.220 e. The number of amides is 1. The molecule has 0 spiro atoms. The van der Waals surface area contributed by atoms with Gasteiger partial charge in [-0.1, -0.05) is 6.92 Å². The molecule has 0 rings (SSSR count). The second-order valence-electron chi connectivity index (χ2n) is 2.17. The first-order valence-electron chi connectivity index (χ1n) is 3.02. The molecule has 2 nitrogen and oxygen atoms in total. The highest BCUT2D eigenvalue weighted by Gasteiger charge is 2.03. The third kappa shape index (κ3) is 4.33. The van der Waals surface area contributed by atoms with Gasteiger partial charge in [0.2, 0.25) is 5.91 Å². The standard InChI is InChI=1S/C6H13NOS/c1-5(4-9)3-6(8)7-2/h5,9H,3-4H2,1-2H3,(H,7,8). The summed E-state index contributed by atoms with van der Waals surface area (Å²) in [5.41, 5.74) is 0. The van der Waals surface area contributed by atoms with Gasteiger partial charge < -0.3 is 5.32 Å². The van der Waals surface area contributed by atoms with Crippen molar-refractivity contribution in [2.45, 2.75) is 13.3 Å². The number of carbonyl (C=O) groups excluding carboxylic acids is 1. The van der Waals surface area contributed by atoms with Crippen LogP contribution in [0.2, 0.25) is 0 Å². The van der Waals surface area contributed by atoms with Gasteiger partial charge in [0.05, 0.1) is 0 Å². The Kier molecular flexibility index (Phi) is 4.58. The largest absolute Gasteiger partial charge is 0.359 e. The van der Waals surface area contributed by atoms with Crippen molar-refractivity contribution in [1.82, 2.24) is 5.32 Å². The molecule has 0 heterocycles. The van der Waals surface area contributed by atoms with Gasteiger partial charge in [0, 0.05) is 13.5 Å². The fourth-order valence-electron chi connectivity index (χ4n) is 0.483. The average Bonchev–Trinajstić information content (AvgIpc) is 1.87. The Morgan fingerprint density at radius 1 is 1.78 bits per heavy atom. The van der Waals surface area contributed by atoms with E-state index >= 15 is 0 Å². The van der Waals surface area contributed by atoms with Crippen LogP contribution in [0, 0.1) is 5.92 Å². The zero-order valence-electron chi connectivity index (χ0n) is 5.85. The Balaban J connectivity index is 3.34. The van der Waals surface area contributed by atoms with E-state index < -0.39 is 0 Å². The van der Waals surface area contributed by atoms with E-state index in [-0.39, 0.29) is 5.91 Å². The summed E-state index contributed by atoms with van der Waals surface area (Å²) in [4.78, 5) is 10.6. The number of hydrogen-bond donors (Lipinski definition) is 2. The van der Waals surface area contributed by atoms with Gasteiger partial charge in [0.1, 0.15) is 0 Å². The van der Waals surface area contributed by atoms with Crippen LogP contribution in [0.1, 0.15) is 13.3 Å². The SMILES string of the molecule is CNC(=O)CC(C)CS. The summed E-state index contributed by atoms with van der Waals surface area (Å²) in [5, 5.41) is 2.56. The van der Waals surface area contributed by atoms with Crippen molar-refractivity contribution >= 4 is 18.5 Å². The van der Waals surface area contributed by atoms with E-state index in [2.05, 4.69) is 17.9 Å². The zero-order valence-corrected chi connectivity index (χ0v) is 6.74. The van der Waals surface area contributed by atoms with Crippen LogP contribution < -0.4 is 5.32 Å². The van der Waals surface area contributed by atoms with Gasteiger partial charge in [-0.25, -0.2) is 0 Å².